The summed E-state index contributed by atoms with van der Waals surface area (Å²) >= 11 is 3.22. The molecule has 14 heavy (non-hydrogen) atoms. The minimum absolute atomic E-state index is 0.275. The Kier molecular flexibility index (Phi) is 4.79. The van der Waals surface area contributed by atoms with Crippen LogP contribution in [-0.2, 0) is 0 Å². The molecule has 0 saturated carbocycles. The standard InChI is InChI=1S/C9H11BrF2N2/c10-4-6-14(7-8(11)12)9-3-1-2-5-13-9/h1-3,5,8H,4,6-7H2. The number of alkyl halides is 3. The second-order valence-corrected chi connectivity index (χ2v) is 3.51. The third kappa shape index (κ3) is 3.57. The Labute approximate surface area is 90.1 Å². The maximum atomic E-state index is 12.2. The number of hydrogen-bond acceptors (Lipinski definition) is 2. The molecule has 0 fully saturated rings. The van der Waals surface area contributed by atoms with Crippen molar-refractivity contribution >= 4 is 21.7 Å². The molecule has 0 aromatic carbocycles. The van der Waals surface area contributed by atoms with Gasteiger partial charge in [0.25, 0.3) is 6.43 Å². The molecule has 1 rings (SSSR count). The van der Waals surface area contributed by atoms with Gasteiger partial charge in [0.2, 0.25) is 0 Å². The predicted molar refractivity (Wildman–Crippen MR) is 56.2 cm³/mol. The van der Waals surface area contributed by atoms with E-state index in [1.54, 1.807) is 29.3 Å². The van der Waals surface area contributed by atoms with Crippen LogP contribution < -0.4 is 4.90 Å². The van der Waals surface area contributed by atoms with Crippen molar-refractivity contribution in [3.8, 4) is 0 Å². The van der Waals surface area contributed by atoms with Gasteiger partial charge in [0, 0.05) is 18.1 Å². The molecule has 0 bridgehead atoms. The van der Waals surface area contributed by atoms with Crippen LogP contribution in [-0.4, -0.2) is 29.8 Å². The number of anilines is 1. The molecule has 1 aromatic heterocycles. The van der Waals surface area contributed by atoms with Gasteiger partial charge in [-0.2, -0.15) is 0 Å². The van der Waals surface area contributed by atoms with Crippen molar-refractivity contribution in [1.82, 2.24) is 4.98 Å². The molecular formula is C9H11BrF2N2. The highest BCUT2D eigenvalue weighted by Crippen LogP contribution is 2.11. The topological polar surface area (TPSA) is 16.1 Å². The summed E-state index contributed by atoms with van der Waals surface area (Å²) in [6, 6.07) is 5.28. The third-order valence-electron chi connectivity index (χ3n) is 1.69. The monoisotopic (exact) mass is 264 g/mol. The highest BCUT2D eigenvalue weighted by molar-refractivity contribution is 9.09. The normalized spacial score (nSPS) is 10.6. The fourth-order valence-corrected chi connectivity index (χ4v) is 1.54. The van der Waals surface area contributed by atoms with Crippen molar-refractivity contribution in [1.29, 1.82) is 0 Å². The maximum absolute atomic E-state index is 12.2. The summed E-state index contributed by atoms with van der Waals surface area (Å²) in [5.74, 6) is 0.590. The van der Waals surface area contributed by atoms with Crippen molar-refractivity contribution in [2.45, 2.75) is 6.43 Å². The minimum atomic E-state index is -2.34. The second-order valence-electron chi connectivity index (χ2n) is 2.71. The number of rotatable bonds is 5. The van der Waals surface area contributed by atoms with E-state index in [9.17, 15) is 8.78 Å². The zero-order chi connectivity index (χ0) is 10.4. The molecule has 0 aliphatic heterocycles. The first-order chi connectivity index (χ1) is 6.74. The van der Waals surface area contributed by atoms with Gasteiger partial charge >= 0.3 is 0 Å². The molecule has 0 amide bonds. The van der Waals surface area contributed by atoms with Crippen LogP contribution in [0.15, 0.2) is 24.4 Å². The Morgan fingerprint density at radius 1 is 1.43 bits per heavy atom. The number of aromatic nitrogens is 1. The fraction of sp³-hybridized carbons (Fsp3) is 0.444. The van der Waals surface area contributed by atoms with Crippen molar-refractivity contribution in [3.05, 3.63) is 24.4 Å². The summed E-state index contributed by atoms with van der Waals surface area (Å²) < 4.78 is 24.4. The molecule has 0 aliphatic rings. The summed E-state index contributed by atoms with van der Waals surface area (Å²) in [5, 5.41) is 0.649. The van der Waals surface area contributed by atoms with Crippen LogP contribution in [0.2, 0.25) is 0 Å². The number of hydrogen-bond donors (Lipinski definition) is 0. The minimum Gasteiger partial charge on any atom is -0.350 e. The van der Waals surface area contributed by atoms with Gasteiger partial charge in [0.15, 0.2) is 0 Å². The summed E-state index contributed by atoms with van der Waals surface area (Å²) in [5.41, 5.74) is 0. The van der Waals surface area contributed by atoms with Gasteiger partial charge in [-0.15, -0.1) is 0 Å². The summed E-state index contributed by atoms with van der Waals surface area (Å²) in [4.78, 5) is 5.58. The molecule has 78 valence electrons. The molecule has 0 spiro atoms. The first kappa shape index (κ1) is 11.4. The lowest BCUT2D eigenvalue weighted by Crippen LogP contribution is -2.31. The summed E-state index contributed by atoms with van der Waals surface area (Å²) in [6.07, 6.45) is -0.738. The van der Waals surface area contributed by atoms with E-state index in [1.165, 1.54) is 0 Å². The van der Waals surface area contributed by atoms with Crippen LogP contribution in [0, 0.1) is 0 Å². The Bertz CT molecular complexity index is 256. The molecular weight excluding hydrogens is 254 g/mol. The lowest BCUT2D eigenvalue weighted by molar-refractivity contribution is 0.155. The van der Waals surface area contributed by atoms with Crippen LogP contribution in [0.25, 0.3) is 0 Å². The fourth-order valence-electron chi connectivity index (χ4n) is 1.11. The quantitative estimate of drug-likeness (QED) is 0.760. The molecule has 1 aromatic rings. The van der Waals surface area contributed by atoms with Gasteiger partial charge < -0.3 is 4.90 Å². The first-order valence-electron chi connectivity index (χ1n) is 4.24. The SMILES string of the molecule is FC(F)CN(CCBr)c1ccccn1. The molecule has 0 saturated heterocycles. The number of nitrogens with zero attached hydrogens (tertiary/aromatic N) is 2. The molecule has 2 nitrogen and oxygen atoms in total. The van der Waals surface area contributed by atoms with Crippen LogP contribution in [0.4, 0.5) is 14.6 Å². The lowest BCUT2D eigenvalue weighted by atomic mass is 10.4. The van der Waals surface area contributed by atoms with E-state index >= 15 is 0 Å². The van der Waals surface area contributed by atoms with Crippen molar-refractivity contribution in [3.63, 3.8) is 0 Å². The van der Waals surface area contributed by atoms with Gasteiger partial charge in [-0.25, -0.2) is 13.8 Å². The zero-order valence-electron chi connectivity index (χ0n) is 7.54. The second kappa shape index (κ2) is 5.90. The van der Waals surface area contributed by atoms with Crippen LogP contribution in [0.3, 0.4) is 0 Å². The van der Waals surface area contributed by atoms with Gasteiger partial charge in [-0.05, 0) is 12.1 Å². The average molecular weight is 265 g/mol. The number of pyridine rings is 1. The molecule has 0 radical (unpaired) electrons. The Hall–Kier alpha value is -0.710. The van der Waals surface area contributed by atoms with E-state index in [2.05, 4.69) is 20.9 Å². The lowest BCUT2D eigenvalue weighted by Gasteiger charge is -2.21. The summed E-state index contributed by atoms with van der Waals surface area (Å²) in [7, 11) is 0. The van der Waals surface area contributed by atoms with E-state index in [1.807, 2.05) is 0 Å². The van der Waals surface area contributed by atoms with Gasteiger partial charge in [0.05, 0.1) is 6.54 Å². The highest BCUT2D eigenvalue weighted by Gasteiger charge is 2.12. The largest absolute Gasteiger partial charge is 0.350 e. The van der Waals surface area contributed by atoms with Crippen molar-refractivity contribution in [2.75, 3.05) is 23.3 Å². The average Bonchev–Trinajstić information content (AvgIpc) is 2.18. The maximum Gasteiger partial charge on any atom is 0.255 e. The Morgan fingerprint density at radius 3 is 2.71 bits per heavy atom. The summed E-state index contributed by atoms with van der Waals surface area (Å²) in [6.45, 7) is 0.254. The molecule has 0 atom stereocenters. The van der Waals surface area contributed by atoms with Gasteiger partial charge in [-0.3, -0.25) is 0 Å². The van der Waals surface area contributed by atoms with E-state index in [0.717, 1.165) is 0 Å². The Balaban J connectivity index is 2.67. The van der Waals surface area contributed by atoms with E-state index < -0.39 is 6.43 Å². The van der Waals surface area contributed by atoms with Crippen molar-refractivity contribution in [2.24, 2.45) is 0 Å². The Morgan fingerprint density at radius 2 is 2.21 bits per heavy atom. The van der Waals surface area contributed by atoms with Gasteiger partial charge in [0.1, 0.15) is 5.82 Å². The van der Waals surface area contributed by atoms with Crippen molar-refractivity contribution < 1.29 is 8.78 Å². The molecule has 0 unspecified atom stereocenters. The molecule has 1 heterocycles. The molecule has 0 N–H and O–H groups in total. The van der Waals surface area contributed by atoms with E-state index in [0.29, 0.717) is 17.7 Å². The predicted octanol–water partition coefficient (Wildman–Crippen LogP) is 2.55. The molecule has 0 aliphatic carbocycles. The first-order valence-corrected chi connectivity index (χ1v) is 5.36. The van der Waals surface area contributed by atoms with Gasteiger partial charge in [-0.1, -0.05) is 22.0 Å². The van der Waals surface area contributed by atoms with E-state index in [4.69, 9.17) is 0 Å². The third-order valence-corrected chi connectivity index (χ3v) is 2.04. The number of halogens is 3. The smallest absolute Gasteiger partial charge is 0.255 e. The van der Waals surface area contributed by atoms with Crippen LogP contribution >= 0.6 is 15.9 Å². The molecule has 5 heteroatoms. The van der Waals surface area contributed by atoms with Crippen LogP contribution in [0.5, 0.6) is 0 Å². The van der Waals surface area contributed by atoms with Crippen LogP contribution in [0.1, 0.15) is 0 Å². The van der Waals surface area contributed by atoms with E-state index in [-0.39, 0.29) is 6.54 Å². The zero-order valence-corrected chi connectivity index (χ0v) is 9.12. The highest BCUT2D eigenvalue weighted by atomic mass is 79.9.